The lowest BCUT2D eigenvalue weighted by Crippen LogP contribution is -2.39. The van der Waals surface area contributed by atoms with Gasteiger partial charge in [-0.15, -0.1) is 0 Å². The van der Waals surface area contributed by atoms with Crippen molar-refractivity contribution in [1.82, 2.24) is 0 Å². The fraction of sp³-hybridized carbons (Fsp3) is 0.714. The van der Waals surface area contributed by atoms with E-state index in [1.165, 1.54) is 5.56 Å². The molecular weight excluding hydrogens is 341 g/mol. The third-order valence-electron chi connectivity index (χ3n) is 5.87. The molecule has 0 saturated heterocycles. The van der Waals surface area contributed by atoms with E-state index in [2.05, 4.69) is 13.0 Å². The molecule has 0 radical (unpaired) electrons. The van der Waals surface area contributed by atoms with Gasteiger partial charge in [-0.25, -0.2) is 0 Å². The van der Waals surface area contributed by atoms with Crippen LogP contribution in [0.1, 0.15) is 74.5 Å². The zero-order valence-electron chi connectivity index (χ0n) is 15.6. The predicted octanol–water partition coefficient (Wildman–Crippen LogP) is 5.95. The summed E-state index contributed by atoms with van der Waals surface area (Å²) < 4.78 is 50.0. The molecule has 1 fully saturated rings. The van der Waals surface area contributed by atoms with Crippen molar-refractivity contribution >= 4 is 0 Å². The third-order valence-corrected chi connectivity index (χ3v) is 5.87. The molecule has 1 aromatic carbocycles. The zero-order valence-corrected chi connectivity index (χ0v) is 15.6. The molecule has 1 aliphatic carbocycles. The number of hydrogen-bond donors (Lipinski definition) is 0. The monoisotopic (exact) mass is 370 g/mol. The molecule has 26 heavy (non-hydrogen) atoms. The molecule has 146 valence electrons. The number of benzene rings is 1. The van der Waals surface area contributed by atoms with Gasteiger partial charge in [-0.1, -0.05) is 32.0 Å². The molecular formula is C21H29F3O2. The third kappa shape index (κ3) is 4.42. The lowest BCUT2D eigenvalue weighted by Gasteiger charge is -2.34. The van der Waals surface area contributed by atoms with Crippen molar-refractivity contribution in [1.29, 1.82) is 0 Å². The van der Waals surface area contributed by atoms with Gasteiger partial charge in [0.2, 0.25) is 0 Å². The van der Waals surface area contributed by atoms with E-state index in [1.54, 1.807) is 6.92 Å². The Morgan fingerprint density at radius 1 is 1.15 bits per heavy atom. The van der Waals surface area contributed by atoms with Crippen LogP contribution < -0.4 is 0 Å². The summed E-state index contributed by atoms with van der Waals surface area (Å²) in [7, 11) is 0. The van der Waals surface area contributed by atoms with Gasteiger partial charge in [0, 0.05) is 19.1 Å². The van der Waals surface area contributed by atoms with Crippen LogP contribution in [0.4, 0.5) is 13.2 Å². The molecule has 0 bridgehead atoms. The standard InChI is InChI=1S/C21H29F3O2/c1-3-10-25-12-15-4-6-16(7-5-15)17-8-9-19-14(2)20(21(22,23)24)26-13-18(19)11-17/h8-9,11,14-16,20H,3-7,10,12-13H2,1-2H3. The van der Waals surface area contributed by atoms with Gasteiger partial charge in [0.05, 0.1) is 6.61 Å². The van der Waals surface area contributed by atoms with E-state index in [1.807, 2.05) is 12.1 Å². The van der Waals surface area contributed by atoms with Crippen molar-refractivity contribution in [2.75, 3.05) is 13.2 Å². The molecule has 2 nitrogen and oxygen atoms in total. The van der Waals surface area contributed by atoms with Crippen LogP contribution in [-0.2, 0) is 16.1 Å². The topological polar surface area (TPSA) is 18.5 Å². The normalized spacial score (nSPS) is 29.4. The van der Waals surface area contributed by atoms with Crippen molar-refractivity contribution in [2.45, 2.75) is 76.7 Å². The molecule has 5 heteroatoms. The van der Waals surface area contributed by atoms with Gasteiger partial charge in [-0.2, -0.15) is 13.2 Å². The van der Waals surface area contributed by atoms with E-state index >= 15 is 0 Å². The summed E-state index contributed by atoms with van der Waals surface area (Å²) in [5.41, 5.74) is 2.95. The summed E-state index contributed by atoms with van der Waals surface area (Å²) in [5, 5.41) is 0. The van der Waals surface area contributed by atoms with Crippen LogP contribution in [-0.4, -0.2) is 25.5 Å². The van der Waals surface area contributed by atoms with Crippen LogP contribution in [0.3, 0.4) is 0 Å². The Bertz CT molecular complexity index is 591. The maximum atomic E-state index is 13.1. The average Bonchev–Trinajstić information content (AvgIpc) is 2.61. The number of rotatable bonds is 5. The molecule has 1 heterocycles. The molecule has 0 amide bonds. The number of fused-ring (bicyclic) bond motifs is 1. The maximum absolute atomic E-state index is 13.1. The number of hydrogen-bond acceptors (Lipinski definition) is 2. The first kappa shape index (κ1) is 19.7. The van der Waals surface area contributed by atoms with E-state index < -0.39 is 18.2 Å². The average molecular weight is 370 g/mol. The summed E-state index contributed by atoms with van der Waals surface area (Å²) in [6.45, 7) is 5.47. The van der Waals surface area contributed by atoms with Gasteiger partial charge < -0.3 is 9.47 Å². The van der Waals surface area contributed by atoms with Crippen LogP contribution >= 0.6 is 0 Å². The van der Waals surface area contributed by atoms with Crippen molar-refractivity contribution < 1.29 is 22.6 Å². The van der Waals surface area contributed by atoms with E-state index in [9.17, 15) is 13.2 Å². The highest BCUT2D eigenvalue weighted by atomic mass is 19.4. The van der Waals surface area contributed by atoms with Crippen LogP contribution in [0.25, 0.3) is 0 Å². The molecule has 2 unspecified atom stereocenters. The van der Waals surface area contributed by atoms with Gasteiger partial charge in [0.15, 0.2) is 6.10 Å². The molecule has 3 rings (SSSR count). The lowest BCUT2D eigenvalue weighted by molar-refractivity contribution is -0.233. The van der Waals surface area contributed by atoms with E-state index in [-0.39, 0.29) is 6.61 Å². The number of halogens is 3. The molecule has 2 atom stereocenters. The minimum atomic E-state index is -4.31. The van der Waals surface area contributed by atoms with Gasteiger partial charge in [0.1, 0.15) is 0 Å². The minimum Gasteiger partial charge on any atom is -0.381 e. The SMILES string of the molecule is CCCOCC1CCC(c2ccc3c(c2)COC(C(F)(F)F)C3C)CC1. The highest BCUT2D eigenvalue weighted by Gasteiger charge is 2.47. The fourth-order valence-corrected chi connectivity index (χ4v) is 4.37. The van der Waals surface area contributed by atoms with Crippen molar-refractivity contribution in [3.8, 4) is 0 Å². The van der Waals surface area contributed by atoms with Gasteiger partial charge in [-0.3, -0.25) is 0 Å². The second-order valence-corrected chi connectivity index (χ2v) is 7.81. The number of ether oxygens (including phenoxy) is 2. The van der Waals surface area contributed by atoms with Gasteiger partial charge in [0.25, 0.3) is 0 Å². The summed E-state index contributed by atoms with van der Waals surface area (Å²) in [6.07, 6.45) is -0.377. The maximum Gasteiger partial charge on any atom is 0.415 e. The van der Waals surface area contributed by atoms with Crippen LogP contribution in [0.15, 0.2) is 18.2 Å². The van der Waals surface area contributed by atoms with E-state index in [0.717, 1.165) is 56.4 Å². The Labute approximate surface area is 154 Å². The molecule has 0 N–H and O–H groups in total. The first-order valence-electron chi connectivity index (χ1n) is 9.79. The molecule has 1 aliphatic heterocycles. The Morgan fingerprint density at radius 2 is 1.88 bits per heavy atom. The van der Waals surface area contributed by atoms with Gasteiger partial charge in [-0.05, 0) is 60.6 Å². The Kier molecular flexibility index (Phi) is 6.29. The summed E-state index contributed by atoms with van der Waals surface area (Å²) >= 11 is 0. The summed E-state index contributed by atoms with van der Waals surface area (Å²) in [5.74, 6) is 0.490. The molecule has 1 aromatic rings. The minimum absolute atomic E-state index is 0.0535. The lowest BCUT2D eigenvalue weighted by atomic mass is 9.77. The van der Waals surface area contributed by atoms with Crippen LogP contribution in [0.5, 0.6) is 0 Å². The molecule has 2 aliphatic rings. The highest BCUT2D eigenvalue weighted by Crippen LogP contribution is 2.42. The van der Waals surface area contributed by atoms with Crippen molar-refractivity contribution in [3.63, 3.8) is 0 Å². The van der Waals surface area contributed by atoms with Gasteiger partial charge >= 0.3 is 6.18 Å². The van der Waals surface area contributed by atoms with E-state index in [4.69, 9.17) is 9.47 Å². The smallest absolute Gasteiger partial charge is 0.381 e. The Balaban J connectivity index is 1.62. The molecule has 0 aromatic heterocycles. The van der Waals surface area contributed by atoms with E-state index in [0.29, 0.717) is 11.8 Å². The Hall–Kier alpha value is -1.07. The largest absolute Gasteiger partial charge is 0.415 e. The Morgan fingerprint density at radius 3 is 2.54 bits per heavy atom. The molecule has 0 spiro atoms. The highest BCUT2D eigenvalue weighted by molar-refractivity contribution is 5.37. The summed E-state index contributed by atoms with van der Waals surface area (Å²) in [4.78, 5) is 0. The zero-order chi connectivity index (χ0) is 18.7. The second kappa shape index (κ2) is 8.30. The molecule has 1 saturated carbocycles. The van der Waals surface area contributed by atoms with Crippen LogP contribution in [0.2, 0.25) is 0 Å². The number of alkyl halides is 3. The first-order valence-corrected chi connectivity index (χ1v) is 9.79. The summed E-state index contributed by atoms with van der Waals surface area (Å²) in [6, 6.07) is 6.01. The van der Waals surface area contributed by atoms with Crippen molar-refractivity contribution in [2.24, 2.45) is 5.92 Å². The quantitative estimate of drug-likeness (QED) is 0.596. The first-order chi connectivity index (χ1) is 12.4. The second-order valence-electron chi connectivity index (χ2n) is 7.81. The predicted molar refractivity (Wildman–Crippen MR) is 95.3 cm³/mol. The van der Waals surface area contributed by atoms with Crippen LogP contribution in [0, 0.1) is 5.92 Å². The van der Waals surface area contributed by atoms with Crippen molar-refractivity contribution in [3.05, 3.63) is 34.9 Å². The fourth-order valence-electron chi connectivity index (χ4n) is 4.37.